The minimum absolute atomic E-state index is 0.0878. The van der Waals surface area contributed by atoms with Crippen LogP contribution in [0.4, 0.5) is 0 Å². The van der Waals surface area contributed by atoms with E-state index >= 15 is 0 Å². The molecule has 0 saturated carbocycles. The normalized spacial score (nSPS) is 12.7. The van der Waals surface area contributed by atoms with Crippen molar-refractivity contribution >= 4 is 5.91 Å². The number of primary amides is 1. The molecule has 0 spiro atoms. The highest BCUT2D eigenvalue weighted by molar-refractivity contribution is 5.76. The molecule has 6 N–H and O–H groups in total. The minimum Gasteiger partial charge on any atom is -0.369 e. The van der Waals surface area contributed by atoms with Gasteiger partial charge in [-0.1, -0.05) is 6.92 Å². The van der Waals surface area contributed by atoms with E-state index in [9.17, 15) is 4.79 Å². The molecule has 0 fully saturated rings. The van der Waals surface area contributed by atoms with Crippen LogP contribution in [0.3, 0.4) is 0 Å². The maximum atomic E-state index is 10.7. The molecule has 0 aliphatic heterocycles. The van der Waals surface area contributed by atoms with Gasteiger partial charge in [-0.3, -0.25) is 4.79 Å². The quantitative estimate of drug-likeness (QED) is 0.353. The lowest BCUT2D eigenvalue weighted by Gasteiger charge is -2.09. The zero-order valence-corrected chi connectivity index (χ0v) is 9.59. The molecule has 0 rings (SSSR count). The Kier molecular flexibility index (Phi) is 9.46. The van der Waals surface area contributed by atoms with E-state index in [0.29, 0.717) is 6.54 Å². The van der Waals surface area contributed by atoms with Crippen LogP contribution in [0.1, 0.15) is 19.8 Å². The Morgan fingerprint density at radius 3 is 2.40 bits per heavy atom. The van der Waals surface area contributed by atoms with E-state index in [2.05, 4.69) is 10.6 Å². The zero-order valence-electron chi connectivity index (χ0n) is 9.59. The van der Waals surface area contributed by atoms with Gasteiger partial charge >= 0.3 is 0 Å². The molecule has 0 saturated heterocycles. The third-order valence-corrected chi connectivity index (χ3v) is 2.20. The lowest BCUT2D eigenvalue weighted by atomic mass is 10.2. The van der Waals surface area contributed by atoms with Gasteiger partial charge in [-0.05, 0) is 39.0 Å². The summed E-state index contributed by atoms with van der Waals surface area (Å²) in [5, 5.41) is 6.48. The number of nitrogens with one attached hydrogen (secondary N) is 2. The summed E-state index contributed by atoms with van der Waals surface area (Å²) in [6, 6.07) is 0. The highest BCUT2D eigenvalue weighted by atomic mass is 16.1. The number of rotatable bonds is 10. The predicted octanol–water partition coefficient (Wildman–Crippen LogP) is -0.974. The Labute approximate surface area is 92.0 Å². The molecule has 0 aromatic rings. The van der Waals surface area contributed by atoms with Crippen molar-refractivity contribution in [3.63, 3.8) is 0 Å². The summed E-state index contributed by atoms with van der Waals surface area (Å²) in [5.74, 6) is -0.334. The van der Waals surface area contributed by atoms with E-state index in [-0.39, 0.29) is 11.8 Å². The molecule has 0 heterocycles. The number of amides is 1. The van der Waals surface area contributed by atoms with Crippen molar-refractivity contribution in [3.8, 4) is 0 Å². The fraction of sp³-hybridized carbons (Fsp3) is 0.900. The highest BCUT2D eigenvalue weighted by Crippen LogP contribution is 1.89. The second-order valence-corrected chi connectivity index (χ2v) is 3.75. The van der Waals surface area contributed by atoms with Gasteiger partial charge in [0, 0.05) is 12.5 Å². The summed E-state index contributed by atoms with van der Waals surface area (Å²) in [6.45, 7) is 6.10. The zero-order chi connectivity index (χ0) is 11.5. The van der Waals surface area contributed by atoms with Crippen LogP contribution in [0.25, 0.3) is 0 Å². The Morgan fingerprint density at radius 1 is 1.20 bits per heavy atom. The molecule has 0 aromatic carbocycles. The van der Waals surface area contributed by atoms with Crippen molar-refractivity contribution in [1.82, 2.24) is 10.6 Å². The van der Waals surface area contributed by atoms with Gasteiger partial charge in [0.05, 0.1) is 0 Å². The molecule has 0 aliphatic carbocycles. The highest BCUT2D eigenvalue weighted by Gasteiger charge is 2.06. The summed E-state index contributed by atoms with van der Waals surface area (Å²) in [7, 11) is 0. The van der Waals surface area contributed by atoms with E-state index in [1.54, 1.807) is 0 Å². The Balaban J connectivity index is 3.08. The molecule has 5 nitrogen and oxygen atoms in total. The van der Waals surface area contributed by atoms with Crippen LogP contribution in [0.2, 0.25) is 0 Å². The van der Waals surface area contributed by atoms with Gasteiger partial charge < -0.3 is 22.1 Å². The van der Waals surface area contributed by atoms with Gasteiger partial charge in [-0.2, -0.15) is 0 Å². The van der Waals surface area contributed by atoms with Crippen molar-refractivity contribution in [1.29, 1.82) is 0 Å². The van der Waals surface area contributed by atoms with Gasteiger partial charge in [0.1, 0.15) is 0 Å². The lowest BCUT2D eigenvalue weighted by molar-refractivity contribution is -0.121. The van der Waals surface area contributed by atoms with E-state index in [0.717, 1.165) is 39.0 Å². The fourth-order valence-electron chi connectivity index (χ4n) is 1.11. The van der Waals surface area contributed by atoms with Crippen LogP contribution < -0.4 is 22.1 Å². The SMILES string of the molecule is CC(CNCCCNCCCN)C(N)=O. The molecule has 0 bridgehead atoms. The number of hydrogen-bond donors (Lipinski definition) is 4. The molecule has 1 amide bonds. The van der Waals surface area contributed by atoms with Gasteiger partial charge in [-0.15, -0.1) is 0 Å². The van der Waals surface area contributed by atoms with Crippen molar-refractivity contribution in [2.24, 2.45) is 17.4 Å². The summed E-state index contributed by atoms with van der Waals surface area (Å²) in [5.41, 5.74) is 10.5. The standard InChI is InChI=1S/C10H24N4O/c1-9(10(12)15)8-14-7-3-6-13-5-2-4-11/h9,13-14H,2-8,11H2,1H3,(H2,12,15). The average Bonchev–Trinajstić information content (AvgIpc) is 2.21. The number of hydrogen-bond acceptors (Lipinski definition) is 4. The molecule has 1 atom stereocenters. The molecular formula is C10H24N4O. The van der Waals surface area contributed by atoms with Gasteiger partial charge in [0.2, 0.25) is 5.91 Å². The first kappa shape index (κ1) is 14.3. The Bertz CT molecular complexity index is 164. The van der Waals surface area contributed by atoms with Gasteiger partial charge in [0.15, 0.2) is 0 Å². The molecule has 1 unspecified atom stereocenters. The average molecular weight is 216 g/mol. The topological polar surface area (TPSA) is 93.2 Å². The molecule has 0 radical (unpaired) electrons. The number of nitrogens with two attached hydrogens (primary N) is 2. The fourth-order valence-corrected chi connectivity index (χ4v) is 1.11. The maximum Gasteiger partial charge on any atom is 0.221 e. The minimum atomic E-state index is -0.247. The third kappa shape index (κ3) is 9.65. The molecule has 5 heteroatoms. The van der Waals surface area contributed by atoms with Gasteiger partial charge in [-0.25, -0.2) is 0 Å². The summed E-state index contributed by atoms with van der Waals surface area (Å²) in [4.78, 5) is 10.7. The summed E-state index contributed by atoms with van der Waals surface area (Å²) < 4.78 is 0. The van der Waals surface area contributed by atoms with Crippen molar-refractivity contribution < 1.29 is 4.79 Å². The van der Waals surface area contributed by atoms with Gasteiger partial charge in [0.25, 0.3) is 0 Å². The lowest BCUT2D eigenvalue weighted by Crippen LogP contribution is -2.32. The first-order valence-corrected chi connectivity index (χ1v) is 5.59. The van der Waals surface area contributed by atoms with Crippen LogP contribution >= 0.6 is 0 Å². The van der Waals surface area contributed by atoms with Crippen LogP contribution in [0, 0.1) is 5.92 Å². The monoisotopic (exact) mass is 216 g/mol. The first-order chi connectivity index (χ1) is 7.18. The van der Waals surface area contributed by atoms with Crippen molar-refractivity contribution in [2.75, 3.05) is 32.7 Å². The van der Waals surface area contributed by atoms with Crippen molar-refractivity contribution in [2.45, 2.75) is 19.8 Å². The molecule has 0 aromatic heterocycles. The predicted molar refractivity (Wildman–Crippen MR) is 62.4 cm³/mol. The van der Waals surface area contributed by atoms with E-state index < -0.39 is 0 Å². The molecule has 15 heavy (non-hydrogen) atoms. The second-order valence-electron chi connectivity index (χ2n) is 3.75. The van der Waals surface area contributed by atoms with Crippen molar-refractivity contribution in [3.05, 3.63) is 0 Å². The largest absolute Gasteiger partial charge is 0.369 e. The van der Waals surface area contributed by atoms with Crippen LogP contribution in [-0.2, 0) is 4.79 Å². The molecule has 90 valence electrons. The number of carbonyl (C=O) groups excluding carboxylic acids is 1. The number of carbonyl (C=O) groups is 1. The maximum absolute atomic E-state index is 10.7. The Hall–Kier alpha value is -0.650. The second kappa shape index (κ2) is 9.89. The Morgan fingerprint density at radius 2 is 1.80 bits per heavy atom. The third-order valence-electron chi connectivity index (χ3n) is 2.20. The summed E-state index contributed by atoms with van der Waals surface area (Å²) in [6.07, 6.45) is 2.07. The van der Waals surface area contributed by atoms with Crippen LogP contribution in [-0.4, -0.2) is 38.6 Å². The van der Waals surface area contributed by atoms with E-state index in [1.165, 1.54) is 0 Å². The summed E-state index contributed by atoms with van der Waals surface area (Å²) >= 11 is 0. The molecular weight excluding hydrogens is 192 g/mol. The van der Waals surface area contributed by atoms with Crippen LogP contribution in [0.5, 0.6) is 0 Å². The van der Waals surface area contributed by atoms with Crippen LogP contribution in [0.15, 0.2) is 0 Å². The molecule has 0 aliphatic rings. The first-order valence-electron chi connectivity index (χ1n) is 5.59. The smallest absolute Gasteiger partial charge is 0.221 e. The van der Waals surface area contributed by atoms with E-state index in [1.807, 2.05) is 6.92 Å². The van der Waals surface area contributed by atoms with E-state index in [4.69, 9.17) is 11.5 Å².